The van der Waals surface area contributed by atoms with Crippen LogP contribution < -0.4 is 10.2 Å². The highest BCUT2D eigenvalue weighted by molar-refractivity contribution is 8.76. The Morgan fingerprint density at radius 1 is 0.355 bits per heavy atom. The lowest BCUT2D eigenvalue weighted by Crippen LogP contribution is -2.50. The molecule has 0 N–H and O–H groups in total. The highest BCUT2D eigenvalue weighted by atomic mass is 33.1. The number of hydrogen-bond acceptors (Lipinski definition) is 6. The Labute approximate surface area is 391 Å². The zero-order chi connectivity index (χ0) is 46.2. The summed E-state index contributed by atoms with van der Waals surface area (Å²) >= 11 is 0. The third-order valence-electron chi connectivity index (χ3n) is 12.3. The summed E-state index contributed by atoms with van der Waals surface area (Å²) in [7, 11) is 2.33. The maximum Gasteiger partial charge on any atom is 0.0786 e. The van der Waals surface area contributed by atoms with Crippen LogP contribution in [0.25, 0.3) is 0 Å². The Kier molecular flexibility index (Phi) is 39.2. The van der Waals surface area contributed by atoms with E-state index in [0.717, 1.165) is 21.6 Å². The molecule has 0 aliphatic heterocycles. The van der Waals surface area contributed by atoms with Crippen molar-refractivity contribution >= 4 is 33.5 Å². The second-order valence-electron chi connectivity index (χ2n) is 17.9. The van der Waals surface area contributed by atoms with Crippen molar-refractivity contribution in [2.75, 3.05) is 52.4 Å². The first kappa shape index (κ1) is 60.0. The minimum Gasteiger partial charge on any atom is -0.545 e. The minimum atomic E-state index is -1.26. The molecule has 0 amide bonds. The summed E-state index contributed by atoms with van der Waals surface area (Å²) in [6.45, 7) is 30.3. The first-order chi connectivity index (χ1) is 30.1. The molecule has 0 atom stereocenters. The third-order valence-corrected chi connectivity index (χ3v) is 14.8. The van der Waals surface area contributed by atoms with Crippen LogP contribution in [0.5, 0.6) is 0 Å². The predicted octanol–water partition coefficient (Wildman–Crippen LogP) is 14.3. The van der Waals surface area contributed by atoms with Gasteiger partial charge in [-0.25, -0.2) is 0 Å². The number of aromatic carboxylic acids is 2. The van der Waals surface area contributed by atoms with Gasteiger partial charge in [0.2, 0.25) is 0 Å². The van der Waals surface area contributed by atoms with E-state index < -0.39 is 11.9 Å². The molecule has 2 rings (SSSR count). The van der Waals surface area contributed by atoms with E-state index in [1.807, 2.05) is 0 Å². The normalized spacial score (nSPS) is 11.4. The maximum absolute atomic E-state index is 11.0. The number of carboxylic acid groups (broad SMARTS) is 2. The van der Waals surface area contributed by atoms with Crippen molar-refractivity contribution in [3.05, 3.63) is 59.7 Å². The average molecular weight is 902 g/mol. The molecule has 0 fully saturated rings. The quantitative estimate of drug-likeness (QED) is 0.0382. The summed E-state index contributed by atoms with van der Waals surface area (Å²) in [5.74, 6) is -2.52. The number of quaternary nitrogens is 2. The van der Waals surface area contributed by atoms with Crippen molar-refractivity contribution < 1.29 is 28.8 Å². The molecule has 358 valence electrons. The average Bonchev–Trinajstić information content (AvgIpc) is 3.27. The molecule has 6 nitrogen and oxygen atoms in total. The van der Waals surface area contributed by atoms with Gasteiger partial charge in [0.25, 0.3) is 0 Å². The number of benzene rings is 2. The molecule has 0 saturated heterocycles. The van der Waals surface area contributed by atoms with Crippen LogP contribution in [-0.2, 0) is 0 Å². The molecule has 8 heteroatoms. The highest BCUT2D eigenvalue weighted by Crippen LogP contribution is 2.40. The van der Waals surface area contributed by atoms with Crippen LogP contribution in [0.3, 0.4) is 0 Å². The summed E-state index contributed by atoms with van der Waals surface area (Å²) in [6.07, 6.45) is 33.8. The molecule has 0 radical (unpaired) electrons. The van der Waals surface area contributed by atoms with Crippen molar-refractivity contribution in [3.8, 4) is 0 Å². The second kappa shape index (κ2) is 40.5. The Hall–Kier alpha value is -2.00. The van der Waals surface area contributed by atoms with Crippen molar-refractivity contribution in [2.45, 2.75) is 219 Å². The maximum atomic E-state index is 11.0. The Morgan fingerprint density at radius 2 is 0.548 bits per heavy atom. The summed E-state index contributed by atoms with van der Waals surface area (Å²) in [5.41, 5.74) is 0.159. The zero-order valence-electron chi connectivity index (χ0n) is 41.6. The molecule has 2 aromatic carbocycles. The van der Waals surface area contributed by atoms with Crippen LogP contribution in [0.2, 0.25) is 0 Å². The fraction of sp³-hybridized carbons (Fsp3) is 0.741. The van der Waals surface area contributed by atoms with Crippen LogP contribution >= 0.6 is 21.6 Å². The minimum absolute atomic E-state index is 0.0796. The highest BCUT2D eigenvalue weighted by Gasteiger charge is 2.26. The molecule has 0 aromatic heterocycles. The molecule has 0 bridgehead atoms. The van der Waals surface area contributed by atoms with E-state index in [-0.39, 0.29) is 11.1 Å². The molecule has 0 saturated carbocycles. The van der Waals surface area contributed by atoms with Gasteiger partial charge >= 0.3 is 0 Å². The molecule has 2 aromatic rings. The van der Waals surface area contributed by atoms with Gasteiger partial charge in [0.05, 0.1) is 64.3 Å². The van der Waals surface area contributed by atoms with Crippen LogP contribution in [0.4, 0.5) is 0 Å². The number of carbonyl (C=O) groups is 2. The zero-order valence-corrected chi connectivity index (χ0v) is 43.2. The van der Waals surface area contributed by atoms with E-state index in [1.165, 1.54) is 228 Å². The molecular weight excluding hydrogens is 805 g/mol. The molecule has 0 aliphatic carbocycles. The molecule has 62 heavy (non-hydrogen) atoms. The van der Waals surface area contributed by atoms with Crippen molar-refractivity contribution in [1.29, 1.82) is 0 Å². The lowest BCUT2D eigenvalue weighted by Gasteiger charge is -2.39. The largest absolute Gasteiger partial charge is 0.545 e. The Balaban J connectivity index is 0.000000900. The standard InChI is InChI=1S/2C20H44N.C14H10O4S2/c2*1-5-9-13-17-21(18-14-10-6-2,19-15-11-7-3)20-16-12-8-4;15-13(16)9-5-1-3-7-11(9)19-20-12-8-4-2-6-10(12)14(17)18/h2*5-20H2,1-4H3;1-8H,(H,15,16)(H,17,18)/q2*+1;/p-2. The van der Waals surface area contributed by atoms with E-state index in [0.29, 0.717) is 9.79 Å². The molecule has 0 spiro atoms. The van der Waals surface area contributed by atoms with Crippen LogP contribution in [0.1, 0.15) is 230 Å². The van der Waals surface area contributed by atoms with Gasteiger partial charge in [-0.3, -0.25) is 0 Å². The predicted molar refractivity (Wildman–Crippen MR) is 269 cm³/mol. The number of nitrogens with zero attached hydrogens (tertiary/aromatic N) is 2. The van der Waals surface area contributed by atoms with E-state index in [9.17, 15) is 19.8 Å². The van der Waals surface area contributed by atoms with E-state index in [1.54, 1.807) is 36.4 Å². The van der Waals surface area contributed by atoms with E-state index in [2.05, 4.69) is 55.4 Å². The second-order valence-corrected chi connectivity index (χ2v) is 20.1. The van der Waals surface area contributed by atoms with Crippen molar-refractivity contribution in [1.82, 2.24) is 0 Å². The molecule has 0 unspecified atom stereocenters. The summed E-state index contributed by atoms with van der Waals surface area (Å²) in [5, 5.41) is 21.9. The van der Waals surface area contributed by atoms with Gasteiger partial charge in [-0.2, -0.15) is 0 Å². The number of hydrogen-bond donors (Lipinski definition) is 0. The number of carboxylic acids is 2. The van der Waals surface area contributed by atoms with Gasteiger partial charge in [-0.1, -0.05) is 165 Å². The first-order valence-electron chi connectivity index (χ1n) is 25.7. The third kappa shape index (κ3) is 28.7. The Bertz CT molecular complexity index is 1160. The van der Waals surface area contributed by atoms with Crippen molar-refractivity contribution in [3.63, 3.8) is 0 Å². The van der Waals surface area contributed by atoms with Gasteiger partial charge in [-0.05, 0) is 115 Å². The lowest BCUT2D eigenvalue weighted by molar-refractivity contribution is -0.929. The number of carbonyl (C=O) groups excluding carboxylic acids is 2. The lowest BCUT2D eigenvalue weighted by atomic mass is 10.1. The summed E-state index contributed by atoms with van der Waals surface area (Å²) in [4.78, 5) is 23.0. The first-order valence-corrected chi connectivity index (χ1v) is 27.9. The van der Waals surface area contributed by atoms with Crippen LogP contribution in [-0.4, -0.2) is 73.3 Å². The van der Waals surface area contributed by atoms with Gasteiger partial charge in [0.15, 0.2) is 0 Å². The summed E-state index contributed by atoms with van der Waals surface area (Å²) in [6, 6.07) is 12.8. The van der Waals surface area contributed by atoms with E-state index >= 15 is 0 Å². The van der Waals surface area contributed by atoms with Crippen LogP contribution in [0.15, 0.2) is 58.3 Å². The fourth-order valence-electron chi connectivity index (χ4n) is 8.43. The summed E-state index contributed by atoms with van der Waals surface area (Å²) < 4.78 is 2.89. The van der Waals surface area contributed by atoms with E-state index in [4.69, 9.17) is 0 Å². The number of rotatable bonds is 37. The van der Waals surface area contributed by atoms with Crippen molar-refractivity contribution in [2.24, 2.45) is 0 Å². The molecular formula is C54H96N2O4S2. The fourth-order valence-corrected chi connectivity index (χ4v) is 10.8. The van der Waals surface area contributed by atoms with Gasteiger partial charge in [-0.15, -0.1) is 0 Å². The number of unbranched alkanes of at least 4 members (excludes halogenated alkanes) is 16. The molecule has 0 heterocycles. The van der Waals surface area contributed by atoms with Gasteiger partial charge in [0.1, 0.15) is 0 Å². The SMILES string of the molecule is CCCCC[N+](CCCCC)(CCCCC)CCCCC.CCCCC[N+](CCCCC)(CCCCC)CCCCC.O=C([O-])c1ccccc1SSc1ccccc1C(=O)[O-]. The van der Waals surface area contributed by atoms with Gasteiger partial charge in [0, 0.05) is 20.9 Å². The molecule has 0 aliphatic rings. The topological polar surface area (TPSA) is 80.3 Å². The Morgan fingerprint density at radius 3 is 0.726 bits per heavy atom. The smallest absolute Gasteiger partial charge is 0.0786 e. The monoisotopic (exact) mass is 901 g/mol. The van der Waals surface area contributed by atoms with Crippen LogP contribution in [0, 0.1) is 0 Å². The van der Waals surface area contributed by atoms with Gasteiger partial charge < -0.3 is 28.8 Å².